The molecule has 0 aromatic rings. The highest BCUT2D eigenvalue weighted by atomic mass is 35.8. The molecule has 52 valence electrons. The van der Waals surface area contributed by atoms with E-state index in [1.54, 1.807) is 0 Å². The van der Waals surface area contributed by atoms with Crippen LogP contribution in [0.15, 0.2) is 12.7 Å². The van der Waals surface area contributed by atoms with Gasteiger partial charge < -0.3 is 0 Å². The topological polar surface area (TPSA) is 17.1 Å². The molecule has 9 heavy (non-hydrogen) atoms. The molecule has 0 heterocycles. The van der Waals surface area contributed by atoms with Crippen molar-refractivity contribution < 1.29 is 4.79 Å². The van der Waals surface area contributed by atoms with Crippen molar-refractivity contribution in [2.24, 2.45) is 0 Å². The highest BCUT2D eigenvalue weighted by molar-refractivity contribution is 7.54. The van der Waals surface area contributed by atoms with Crippen LogP contribution in [0.2, 0.25) is 0 Å². The van der Waals surface area contributed by atoms with Crippen molar-refractivity contribution in [1.82, 2.24) is 0 Å². The maximum Gasteiger partial charge on any atom is 0.643 e. The SMILES string of the molecule is C=CC(C)=O.[Cl][Al]([Cl])[Cl]. The molecule has 0 saturated carbocycles. The first kappa shape index (κ1) is 12.5. The maximum absolute atomic E-state index is 9.69. The number of hydrogen-bond acceptors (Lipinski definition) is 1. The van der Waals surface area contributed by atoms with Gasteiger partial charge in [-0.1, -0.05) is 6.58 Å². The van der Waals surface area contributed by atoms with Gasteiger partial charge in [0.1, 0.15) is 0 Å². The molecule has 0 aromatic carbocycles. The van der Waals surface area contributed by atoms with Crippen LogP contribution >= 0.6 is 30.1 Å². The minimum atomic E-state index is -1.72. The van der Waals surface area contributed by atoms with E-state index in [0.717, 1.165) is 0 Å². The van der Waals surface area contributed by atoms with Crippen LogP contribution in [0.5, 0.6) is 0 Å². The van der Waals surface area contributed by atoms with Crippen molar-refractivity contribution in [3.8, 4) is 0 Å². The van der Waals surface area contributed by atoms with Crippen molar-refractivity contribution in [3.05, 3.63) is 12.7 Å². The van der Waals surface area contributed by atoms with E-state index in [4.69, 9.17) is 30.1 Å². The van der Waals surface area contributed by atoms with Crippen molar-refractivity contribution >= 4 is 47.3 Å². The molecule has 0 spiro atoms. The van der Waals surface area contributed by atoms with Crippen molar-refractivity contribution in [2.45, 2.75) is 6.92 Å². The molecule has 0 N–H and O–H groups in total. The van der Waals surface area contributed by atoms with Gasteiger partial charge in [0.25, 0.3) is 0 Å². The van der Waals surface area contributed by atoms with Crippen molar-refractivity contribution in [2.75, 3.05) is 0 Å². The van der Waals surface area contributed by atoms with E-state index in [1.807, 2.05) is 0 Å². The summed E-state index contributed by atoms with van der Waals surface area (Å²) in [5, 5.41) is 0. The van der Waals surface area contributed by atoms with E-state index in [-0.39, 0.29) is 5.78 Å². The fourth-order valence-electron chi connectivity index (χ4n) is 0. The number of halogens is 3. The van der Waals surface area contributed by atoms with Gasteiger partial charge in [-0.25, -0.2) is 30.1 Å². The minimum absolute atomic E-state index is 0.0185. The zero-order valence-electron chi connectivity index (χ0n) is 4.90. The summed E-state index contributed by atoms with van der Waals surface area (Å²) >= 11 is -1.72. The lowest BCUT2D eigenvalue weighted by atomic mass is 10.5. The number of carbonyl (C=O) groups excluding carboxylic acids is 1. The van der Waals surface area contributed by atoms with E-state index >= 15 is 0 Å². The highest BCUT2D eigenvalue weighted by Crippen LogP contribution is 1.97. The third kappa shape index (κ3) is 51.7. The van der Waals surface area contributed by atoms with Crippen LogP contribution in [-0.4, -0.2) is 17.2 Å². The molecule has 0 unspecified atom stereocenters. The summed E-state index contributed by atoms with van der Waals surface area (Å²) in [5.41, 5.74) is 0. The summed E-state index contributed by atoms with van der Waals surface area (Å²) in [6.07, 6.45) is 1.28. The Morgan fingerprint density at radius 3 is 1.67 bits per heavy atom. The van der Waals surface area contributed by atoms with Crippen molar-refractivity contribution in [3.63, 3.8) is 0 Å². The normalized spacial score (nSPS) is 6.67. The largest absolute Gasteiger partial charge is 0.643 e. The Labute approximate surface area is 71.6 Å². The van der Waals surface area contributed by atoms with Gasteiger partial charge in [-0.3, -0.25) is 4.79 Å². The summed E-state index contributed by atoms with van der Waals surface area (Å²) in [4.78, 5) is 9.69. The Morgan fingerprint density at radius 2 is 1.67 bits per heavy atom. The van der Waals surface area contributed by atoms with Gasteiger partial charge in [0.15, 0.2) is 5.78 Å². The molecule has 1 nitrogen and oxygen atoms in total. The zero-order chi connectivity index (χ0) is 7.86. The van der Waals surface area contributed by atoms with Gasteiger partial charge in [0, 0.05) is 0 Å². The molecule has 0 saturated heterocycles. The fraction of sp³-hybridized carbons (Fsp3) is 0.250. The molecule has 0 amide bonds. The molecular weight excluding hydrogens is 197 g/mol. The molecule has 0 radical (unpaired) electrons. The second-order valence-electron chi connectivity index (χ2n) is 1.06. The second kappa shape index (κ2) is 8.81. The molecule has 0 rings (SSSR count). The Bertz CT molecular complexity index is 91.1. The number of hydrogen-bond donors (Lipinski definition) is 0. The van der Waals surface area contributed by atoms with Crippen LogP contribution in [0, 0.1) is 0 Å². The highest BCUT2D eigenvalue weighted by Gasteiger charge is 2.00. The quantitative estimate of drug-likeness (QED) is 0.473. The first-order valence-electron chi connectivity index (χ1n) is 2.06. The van der Waals surface area contributed by atoms with Crippen LogP contribution in [0.3, 0.4) is 0 Å². The van der Waals surface area contributed by atoms with E-state index < -0.39 is 11.4 Å². The third-order valence-corrected chi connectivity index (χ3v) is 0.287. The van der Waals surface area contributed by atoms with Crippen LogP contribution in [0.1, 0.15) is 6.92 Å². The van der Waals surface area contributed by atoms with E-state index in [1.165, 1.54) is 13.0 Å². The smallest absolute Gasteiger partial charge is 0.295 e. The van der Waals surface area contributed by atoms with Crippen LogP contribution < -0.4 is 0 Å². The fourth-order valence-corrected chi connectivity index (χ4v) is 0. The number of allylic oxidation sites excluding steroid dienone is 1. The molecule has 5 heteroatoms. The first-order valence-corrected chi connectivity index (χ1v) is 7.29. The Hall–Kier alpha value is 0.812. The summed E-state index contributed by atoms with van der Waals surface area (Å²) in [6.45, 7) is 4.68. The van der Waals surface area contributed by atoms with Crippen molar-refractivity contribution in [1.29, 1.82) is 0 Å². The number of carbonyl (C=O) groups is 1. The van der Waals surface area contributed by atoms with Gasteiger partial charge >= 0.3 is 11.4 Å². The standard InChI is InChI=1S/C4H6O.Al.3ClH/c1-3-4(2)5;;;;/h3H,1H2,2H3;;3*1H/q;+3;;;/p-3. The minimum Gasteiger partial charge on any atom is -0.295 e. The van der Waals surface area contributed by atoms with Crippen LogP contribution in [0.25, 0.3) is 0 Å². The average Bonchev–Trinajstić information content (AvgIpc) is 1.65. The van der Waals surface area contributed by atoms with E-state index in [9.17, 15) is 4.79 Å². The van der Waals surface area contributed by atoms with E-state index in [0.29, 0.717) is 0 Å². The Balaban J connectivity index is 0. The molecule has 0 aliphatic rings. The van der Waals surface area contributed by atoms with Crippen LogP contribution in [-0.2, 0) is 4.79 Å². The first-order chi connectivity index (χ1) is 4.00. The number of ketones is 1. The molecule has 0 aliphatic heterocycles. The lowest BCUT2D eigenvalue weighted by Gasteiger charge is -1.62. The molecule has 0 aromatic heterocycles. The lowest BCUT2D eigenvalue weighted by Crippen LogP contribution is -1.74. The molecule has 0 atom stereocenters. The van der Waals surface area contributed by atoms with Gasteiger partial charge in [-0.2, -0.15) is 0 Å². The van der Waals surface area contributed by atoms with E-state index in [2.05, 4.69) is 6.58 Å². The van der Waals surface area contributed by atoms with Gasteiger partial charge in [-0.05, 0) is 13.0 Å². The molecule has 0 fully saturated rings. The Morgan fingerprint density at radius 1 is 1.56 bits per heavy atom. The summed E-state index contributed by atoms with van der Waals surface area (Å²) < 4.78 is 0. The zero-order valence-corrected chi connectivity index (χ0v) is 8.33. The van der Waals surface area contributed by atoms with Gasteiger partial charge in [0.2, 0.25) is 0 Å². The molecular formula is C4H6AlCl3O. The van der Waals surface area contributed by atoms with Crippen LogP contribution in [0.4, 0.5) is 0 Å². The monoisotopic (exact) mass is 202 g/mol. The second-order valence-corrected chi connectivity index (χ2v) is 7.50. The third-order valence-electron chi connectivity index (χ3n) is 0.287. The Kier molecular flexibility index (Phi) is 12.2. The van der Waals surface area contributed by atoms with Gasteiger partial charge in [0.05, 0.1) is 0 Å². The lowest BCUT2D eigenvalue weighted by molar-refractivity contribution is -0.112. The maximum atomic E-state index is 9.69. The molecule has 0 bridgehead atoms. The molecule has 0 aliphatic carbocycles. The predicted molar refractivity (Wildman–Crippen MR) is 44.2 cm³/mol. The summed E-state index contributed by atoms with van der Waals surface area (Å²) in [7, 11) is 14.8. The summed E-state index contributed by atoms with van der Waals surface area (Å²) in [6, 6.07) is 0. The number of rotatable bonds is 1. The van der Waals surface area contributed by atoms with Gasteiger partial charge in [-0.15, -0.1) is 0 Å². The average molecular weight is 203 g/mol. The predicted octanol–water partition coefficient (Wildman–Crippen LogP) is 2.45. The summed E-state index contributed by atoms with van der Waals surface area (Å²) in [5.74, 6) is 0.0185.